The summed E-state index contributed by atoms with van der Waals surface area (Å²) in [6.07, 6.45) is 0.527. The van der Waals surface area contributed by atoms with Crippen LogP contribution in [-0.4, -0.2) is 57.3 Å². The maximum absolute atomic E-state index is 13.6. The van der Waals surface area contributed by atoms with Gasteiger partial charge in [-0.1, -0.05) is 36.0 Å². The summed E-state index contributed by atoms with van der Waals surface area (Å²) in [6.45, 7) is 0.0889. The molecule has 2 amide bonds. The molecule has 0 spiro atoms. The highest BCUT2D eigenvalue weighted by atomic mass is 32.2. The number of nitrogens with zero attached hydrogens (tertiary/aromatic N) is 5. The topological polar surface area (TPSA) is 111 Å². The molecule has 3 heterocycles. The van der Waals surface area contributed by atoms with Gasteiger partial charge in [0, 0.05) is 24.6 Å². The summed E-state index contributed by atoms with van der Waals surface area (Å²) in [7, 11) is 4.90. The van der Waals surface area contributed by atoms with E-state index in [1.807, 2.05) is 35.7 Å². The van der Waals surface area contributed by atoms with E-state index in [1.165, 1.54) is 35.0 Å². The van der Waals surface area contributed by atoms with Gasteiger partial charge in [0.05, 0.1) is 43.1 Å². The molecular formula is C28H27FN6O4S2. The molecule has 41 heavy (non-hydrogen) atoms. The van der Waals surface area contributed by atoms with Gasteiger partial charge in [-0.05, 0) is 35.7 Å². The molecule has 10 nitrogen and oxygen atoms in total. The maximum atomic E-state index is 13.6. The Balaban J connectivity index is 1.29. The molecule has 1 N–H and O–H groups in total. The average molecular weight is 595 g/mol. The van der Waals surface area contributed by atoms with Crippen LogP contribution in [0, 0.1) is 5.82 Å². The van der Waals surface area contributed by atoms with Crippen molar-refractivity contribution in [3.63, 3.8) is 0 Å². The molecule has 5 rings (SSSR count). The van der Waals surface area contributed by atoms with E-state index < -0.39 is 11.7 Å². The Morgan fingerprint density at radius 3 is 2.68 bits per heavy atom. The third-order valence-corrected chi connectivity index (χ3v) is 8.43. The standard InChI is InChI=1S/C28H27FN6O4S2/c1-34-24(15-30-27(37)17-7-4-8-18(29)13-17)31-32-28(34)41-16-25(36)35-21(14-20(33-35)23-11-6-12-40-23)19-9-5-10-22(38-2)26(19)39-3/h4-13,21H,14-16H2,1-3H3,(H,30,37)/t21-/m1/s1. The number of ether oxygens (including phenoxy) is 2. The van der Waals surface area contributed by atoms with Crippen LogP contribution >= 0.6 is 23.1 Å². The predicted octanol–water partition coefficient (Wildman–Crippen LogP) is 4.43. The van der Waals surface area contributed by atoms with Crippen LogP contribution in [0.4, 0.5) is 4.39 Å². The molecule has 0 saturated carbocycles. The van der Waals surface area contributed by atoms with E-state index in [2.05, 4.69) is 15.5 Å². The zero-order valence-electron chi connectivity index (χ0n) is 22.5. The van der Waals surface area contributed by atoms with Gasteiger partial charge in [-0.25, -0.2) is 9.40 Å². The fourth-order valence-electron chi connectivity index (χ4n) is 4.46. The Kier molecular flexibility index (Phi) is 8.64. The molecule has 0 unspecified atom stereocenters. The largest absolute Gasteiger partial charge is 0.493 e. The first-order valence-corrected chi connectivity index (χ1v) is 14.4. The maximum Gasteiger partial charge on any atom is 0.253 e. The smallest absolute Gasteiger partial charge is 0.253 e. The van der Waals surface area contributed by atoms with E-state index in [9.17, 15) is 14.0 Å². The number of aromatic nitrogens is 3. The Bertz CT molecular complexity index is 1590. The number of para-hydroxylation sites is 1. The number of hydrogen-bond acceptors (Lipinski definition) is 9. The highest BCUT2D eigenvalue weighted by Gasteiger charge is 2.36. The quantitative estimate of drug-likeness (QED) is 0.271. The van der Waals surface area contributed by atoms with Gasteiger partial charge in [-0.2, -0.15) is 5.10 Å². The van der Waals surface area contributed by atoms with Crippen molar-refractivity contribution in [2.45, 2.75) is 24.2 Å². The van der Waals surface area contributed by atoms with Gasteiger partial charge in [-0.3, -0.25) is 9.59 Å². The Labute approximate surface area is 244 Å². The molecule has 2 aromatic heterocycles. The first-order valence-electron chi connectivity index (χ1n) is 12.6. The number of hydrazone groups is 1. The molecule has 1 aliphatic heterocycles. The summed E-state index contributed by atoms with van der Waals surface area (Å²) in [6, 6.07) is 14.6. The van der Waals surface area contributed by atoms with Gasteiger partial charge in [0.15, 0.2) is 22.5 Å². The SMILES string of the molecule is COc1cccc([C@H]2CC(c3cccs3)=NN2C(=O)CSc2nnc(CNC(=O)c3cccc(F)c3)n2C)c1OC. The van der Waals surface area contributed by atoms with Crippen molar-refractivity contribution in [1.29, 1.82) is 0 Å². The number of benzene rings is 2. The molecule has 13 heteroatoms. The first-order chi connectivity index (χ1) is 19.9. The number of halogens is 1. The summed E-state index contributed by atoms with van der Waals surface area (Å²) in [5.74, 6) is 0.564. The van der Waals surface area contributed by atoms with Crippen LogP contribution in [-0.2, 0) is 18.4 Å². The van der Waals surface area contributed by atoms with E-state index in [-0.39, 0.29) is 29.8 Å². The minimum Gasteiger partial charge on any atom is -0.493 e. The number of amides is 2. The number of rotatable bonds is 10. The van der Waals surface area contributed by atoms with E-state index in [1.54, 1.807) is 37.2 Å². The fraction of sp³-hybridized carbons (Fsp3) is 0.250. The lowest BCUT2D eigenvalue weighted by Crippen LogP contribution is -2.29. The zero-order valence-corrected chi connectivity index (χ0v) is 24.2. The van der Waals surface area contributed by atoms with Crippen LogP contribution in [0.15, 0.2) is 70.2 Å². The molecule has 1 aliphatic rings. The van der Waals surface area contributed by atoms with Crippen molar-refractivity contribution < 1.29 is 23.5 Å². The Morgan fingerprint density at radius 2 is 1.95 bits per heavy atom. The predicted molar refractivity (Wildman–Crippen MR) is 154 cm³/mol. The van der Waals surface area contributed by atoms with Crippen molar-refractivity contribution in [2.75, 3.05) is 20.0 Å². The van der Waals surface area contributed by atoms with E-state index in [0.717, 1.165) is 22.2 Å². The van der Waals surface area contributed by atoms with Crippen LogP contribution < -0.4 is 14.8 Å². The molecule has 212 valence electrons. The van der Waals surface area contributed by atoms with Gasteiger partial charge < -0.3 is 19.4 Å². The molecule has 4 aromatic rings. The summed E-state index contributed by atoms with van der Waals surface area (Å²) in [5.41, 5.74) is 1.83. The highest BCUT2D eigenvalue weighted by molar-refractivity contribution is 7.99. The van der Waals surface area contributed by atoms with Crippen LogP contribution in [0.25, 0.3) is 0 Å². The summed E-state index contributed by atoms with van der Waals surface area (Å²) in [5, 5.41) is 19.8. The van der Waals surface area contributed by atoms with Crippen molar-refractivity contribution in [3.05, 3.63) is 87.6 Å². The van der Waals surface area contributed by atoms with Crippen molar-refractivity contribution in [1.82, 2.24) is 25.1 Å². The normalized spacial score (nSPS) is 14.6. The van der Waals surface area contributed by atoms with Crippen molar-refractivity contribution >= 4 is 40.6 Å². The van der Waals surface area contributed by atoms with Crippen molar-refractivity contribution in [3.8, 4) is 11.5 Å². The lowest BCUT2D eigenvalue weighted by molar-refractivity contribution is -0.130. The van der Waals surface area contributed by atoms with Gasteiger partial charge >= 0.3 is 0 Å². The molecular weight excluding hydrogens is 567 g/mol. The molecule has 0 fully saturated rings. The third kappa shape index (κ3) is 6.10. The monoisotopic (exact) mass is 594 g/mol. The average Bonchev–Trinajstić information content (AvgIpc) is 3.75. The third-order valence-electron chi connectivity index (χ3n) is 6.51. The number of carbonyl (C=O) groups is 2. The van der Waals surface area contributed by atoms with Gasteiger partial charge in [0.25, 0.3) is 11.8 Å². The molecule has 1 atom stereocenters. The molecule has 0 saturated heterocycles. The molecule has 0 radical (unpaired) electrons. The van der Waals surface area contributed by atoms with Gasteiger partial charge in [-0.15, -0.1) is 21.5 Å². The van der Waals surface area contributed by atoms with E-state index in [4.69, 9.17) is 14.6 Å². The number of thioether (sulfide) groups is 1. The lowest BCUT2D eigenvalue weighted by Gasteiger charge is -2.24. The minimum absolute atomic E-state index is 0.0611. The minimum atomic E-state index is -0.489. The lowest BCUT2D eigenvalue weighted by atomic mass is 9.99. The van der Waals surface area contributed by atoms with Gasteiger partial charge in [0.2, 0.25) is 0 Å². The fourth-order valence-corrected chi connectivity index (χ4v) is 5.96. The van der Waals surface area contributed by atoms with Crippen LogP contribution in [0.3, 0.4) is 0 Å². The van der Waals surface area contributed by atoms with Crippen LogP contribution in [0.5, 0.6) is 11.5 Å². The summed E-state index contributed by atoms with van der Waals surface area (Å²) >= 11 is 2.79. The van der Waals surface area contributed by atoms with E-state index >= 15 is 0 Å². The van der Waals surface area contributed by atoms with E-state index in [0.29, 0.717) is 28.9 Å². The second-order valence-electron chi connectivity index (χ2n) is 9.00. The number of hydrogen-bond donors (Lipinski definition) is 1. The molecule has 0 aliphatic carbocycles. The molecule has 2 aromatic carbocycles. The number of nitrogens with one attached hydrogen (secondary N) is 1. The van der Waals surface area contributed by atoms with Crippen molar-refractivity contribution in [2.24, 2.45) is 12.1 Å². The Hall–Kier alpha value is -4.23. The number of methoxy groups -OCH3 is 2. The van der Waals surface area contributed by atoms with Crippen LogP contribution in [0.1, 0.15) is 39.1 Å². The summed E-state index contributed by atoms with van der Waals surface area (Å²) < 4.78 is 26.3. The first kappa shape index (κ1) is 28.3. The zero-order chi connectivity index (χ0) is 28.9. The highest BCUT2D eigenvalue weighted by Crippen LogP contribution is 2.42. The van der Waals surface area contributed by atoms with Crippen LogP contribution in [0.2, 0.25) is 0 Å². The second-order valence-corrected chi connectivity index (χ2v) is 10.9. The summed E-state index contributed by atoms with van der Waals surface area (Å²) in [4.78, 5) is 26.9. The van der Waals surface area contributed by atoms with Gasteiger partial charge in [0.1, 0.15) is 5.82 Å². The number of carbonyl (C=O) groups excluding carboxylic acids is 2. The number of thiophene rings is 1. The Morgan fingerprint density at radius 1 is 1.12 bits per heavy atom. The second kappa shape index (κ2) is 12.5. The molecule has 0 bridgehead atoms.